The fraction of sp³-hybridized carbons (Fsp3) is 0.133. The van der Waals surface area contributed by atoms with Crippen LogP contribution in [0.2, 0.25) is 0 Å². The van der Waals surface area contributed by atoms with Crippen LogP contribution >= 0.6 is 24.8 Å². The second kappa shape index (κ2) is 12.6. The van der Waals surface area contributed by atoms with E-state index in [0.717, 1.165) is 49.0 Å². The van der Waals surface area contributed by atoms with Gasteiger partial charge in [0, 0.05) is 46.7 Å². The summed E-state index contributed by atoms with van der Waals surface area (Å²) in [5.74, 6) is 1.17. The molecule has 40 heavy (non-hydrogen) atoms. The van der Waals surface area contributed by atoms with Crippen molar-refractivity contribution in [3.8, 4) is 0 Å². The van der Waals surface area contributed by atoms with Crippen LogP contribution < -0.4 is 21.3 Å². The molecule has 0 atom stereocenters. The Morgan fingerprint density at radius 1 is 0.600 bits per heavy atom. The number of hydrogen-bond acceptors (Lipinski definition) is 6. The van der Waals surface area contributed by atoms with E-state index < -0.39 is 0 Å². The van der Waals surface area contributed by atoms with E-state index in [9.17, 15) is 9.59 Å². The van der Waals surface area contributed by atoms with Crippen LogP contribution in [0.5, 0.6) is 0 Å². The minimum absolute atomic E-state index is 0. The second-order valence-corrected chi connectivity index (χ2v) is 9.09. The lowest BCUT2D eigenvalue weighted by Crippen LogP contribution is -2.20. The normalized spacial score (nSPS) is 13.6. The van der Waals surface area contributed by atoms with Crippen molar-refractivity contribution < 1.29 is 9.59 Å². The quantitative estimate of drug-likeness (QED) is 0.263. The minimum Gasteiger partial charge on any atom is -0.368 e. The largest absolute Gasteiger partial charge is 0.368 e. The fourth-order valence-corrected chi connectivity index (χ4v) is 4.77. The lowest BCUT2D eigenvalue weighted by Gasteiger charge is -2.13. The molecule has 10 heteroatoms. The smallest absolute Gasteiger partial charge is 0.256 e. The first-order chi connectivity index (χ1) is 18.7. The van der Waals surface area contributed by atoms with Gasteiger partial charge in [-0.25, -0.2) is 0 Å². The number of amides is 2. The molecule has 0 spiro atoms. The number of hydrogen-bond donors (Lipinski definition) is 4. The Hall–Kier alpha value is -4.40. The lowest BCUT2D eigenvalue weighted by molar-refractivity contribution is 0.101. The molecule has 0 fully saturated rings. The summed E-state index contributed by atoms with van der Waals surface area (Å²) in [5, 5.41) is 13.9. The lowest BCUT2D eigenvalue weighted by atomic mass is 9.99. The summed E-state index contributed by atoms with van der Waals surface area (Å²) in [6.07, 6.45) is 0. The van der Waals surface area contributed by atoms with Crippen molar-refractivity contribution >= 4 is 70.4 Å². The highest BCUT2D eigenvalue weighted by Gasteiger charge is 2.17. The van der Waals surface area contributed by atoms with Gasteiger partial charge in [-0.1, -0.05) is 48.5 Å². The van der Waals surface area contributed by atoms with E-state index >= 15 is 0 Å². The zero-order valence-electron chi connectivity index (χ0n) is 21.4. The number of rotatable bonds is 6. The molecule has 0 saturated heterocycles. The number of halogens is 2. The van der Waals surface area contributed by atoms with Gasteiger partial charge in [0.05, 0.1) is 13.1 Å². The topological polar surface area (TPSA) is 107 Å². The third kappa shape index (κ3) is 5.93. The van der Waals surface area contributed by atoms with Crippen molar-refractivity contribution in [2.45, 2.75) is 0 Å². The standard InChI is InChI=1S/C30H26N6O2.2ClH/c37-29(35-21-7-1-5-19(17-21)27-31-13-14-32-27)25-11-3-10-24-23(25)9-4-12-26(24)30(38)36-22-8-2-6-20(18-22)28-33-15-16-34-28;;/h1-12,17-18H,13-16H2,(H,31,32)(H,33,34)(H,35,37)(H,36,38);2*1H. The summed E-state index contributed by atoms with van der Waals surface area (Å²) in [4.78, 5) is 35.5. The van der Waals surface area contributed by atoms with Crippen LogP contribution in [-0.4, -0.2) is 49.7 Å². The van der Waals surface area contributed by atoms with Gasteiger partial charge in [0.15, 0.2) is 0 Å². The molecule has 8 nitrogen and oxygen atoms in total. The Morgan fingerprint density at radius 3 is 1.43 bits per heavy atom. The Kier molecular flexibility index (Phi) is 9.04. The summed E-state index contributed by atoms with van der Waals surface area (Å²) >= 11 is 0. The van der Waals surface area contributed by atoms with E-state index in [1.807, 2.05) is 60.7 Å². The first kappa shape index (κ1) is 28.6. The van der Waals surface area contributed by atoms with Crippen LogP contribution in [-0.2, 0) is 0 Å². The van der Waals surface area contributed by atoms with Crippen molar-refractivity contribution in [3.05, 3.63) is 107 Å². The van der Waals surface area contributed by atoms with Crippen LogP contribution in [0.3, 0.4) is 0 Å². The maximum atomic E-state index is 13.3. The molecular formula is C30H28Cl2N6O2. The van der Waals surface area contributed by atoms with Crippen molar-refractivity contribution in [1.82, 2.24) is 10.6 Å². The van der Waals surface area contributed by atoms with Crippen LogP contribution in [0.15, 0.2) is 94.9 Å². The first-order valence-corrected chi connectivity index (χ1v) is 12.6. The van der Waals surface area contributed by atoms with Crippen LogP contribution in [0.25, 0.3) is 10.8 Å². The molecule has 0 aliphatic carbocycles. The fourth-order valence-electron chi connectivity index (χ4n) is 4.77. The molecule has 6 rings (SSSR count). The number of nitrogens with one attached hydrogen (secondary N) is 4. The van der Waals surface area contributed by atoms with Gasteiger partial charge in [-0.2, -0.15) is 0 Å². The van der Waals surface area contributed by atoms with E-state index in [1.54, 1.807) is 24.3 Å². The van der Waals surface area contributed by atoms with Crippen molar-refractivity contribution in [2.24, 2.45) is 9.98 Å². The van der Waals surface area contributed by atoms with Gasteiger partial charge in [-0.05, 0) is 47.2 Å². The van der Waals surface area contributed by atoms with E-state index in [4.69, 9.17) is 0 Å². The molecule has 2 aliphatic heterocycles. The minimum atomic E-state index is -0.246. The molecule has 4 aromatic rings. The van der Waals surface area contributed by atoms with Crippen molar-refractivity contribution in [3.63, 3.8) is 0 Å². The number of aliphatic imine (C=N–C) groups is 2. The van der Waals surface area contributed by atoms with Crippen LogP contribution in [0.1, 0.15) is 31.8 Å². The SMILES string of the molecule is Cl.Cl.O=C(Nc1cccc(C2=NCCN2)c1)c1cccc2c(C(=O)Nc3cccc(C4=NCCN4)c3)cccc12. The second-order valence-electron chi connectivity index (χ2n) is 9.09. The summed E-state index contributed by atoms with van der Waals surface area (Å²) < 4.78 is 0. The molecule has 2 amide bonds. The van der Waals surface area contributed by atoms with Crippen molar-refractivity contribution in [1.29, 1.82) is 0 Å². The summed E-state index contributed by atoms with van der Waals surface area (Å²) in [7, 11) is 0. The van der Waals surface area contributed by atoms with Crippen LogP contribution in [0, 0.1) is 0 Å². The Labute approximate surface area is 244 Å². The number of anilines is 2. The number of benzene rings is 4. The maximum absolute atomic E-state index is 13.3. The summed E-state index contributed by atoms with van der Waals surface area (Å²) in [6, 6.07) is 26.1. The van der Waals surface area contributed by atoms with Gasteiger partial charge < -0.3 is 21.3 Å². The molecule has 0 unspecified atom stereocenters. The zero-order valence-corrected chi connectivity index (χ0v) is 23.1. The molecule has 2 aliphatic rings. The Bertz CT molecular complexity index is 1520. The molecule has 0 radical (unpaired) electrons. The summed E-state index contributed by atoms with van der Waals surface area (Å²) in [5.41, 5.74) is 4.19. The van der Waals surface area contributed by atoms with Gasteiger partial charge in [-0.15, -0.1) is 24.8 Å². The molecule has 4 aromatic carbocycles. The van der Waals surface area contributed by atoms with E-state index in [2.05, 4.69) is 31.3 Å². The van der Waals surface area contributed by atoms with Gasteiger partial charge >= 0.3 is 0 Å². The number of carbonyl (C=O) groups excluding carboxylic acids is 2. The van der Waals surface area contributed by atoms with Crippen molar-refractivity contribution in [2.75, 3.05) is 36.8 Å². The Morgan fingerprint density at radius 2 is 1.02 bits per heavy atom. The third-order valence-corrected chi connectivity index (χ3v) is 6.55. The predicted octanol–water partition coefficient (Wildman–Crippen LogP) is 4.89. The molecule has 2 heterocycles. The Balaban J connectivity index is 0.00000185. The highest BCUT2D eigenvalue weighted by Crippen LogP contribution is 2.25. The third-order valence-electron chi connectivity index (χ3n) is 6.55. The van der Waals surface area contributed by atoms with E-state index in [1.165, 1.54) is 0 Å². The zero-order chi connectivity index (χ0) is 25.9. The van der Waals surface area contributed by atoms with Gasteiger partial charge in [0.25, 0.3) is 11.8 Å². The molecule has 4 N–H and O–H groups in total. The highest BCUT2D eigenvalue weighted by atomic mass is 35.5. The highest BCUT2D eigenvalue weighted by molar-refractivity contribution is 6.19. The average molecular weight is 576 g/mol. The average Bonchev–Trinajstić information content (AvgIpc) is 3.68. The van der Waals surface area contributed by atoms with Crippen LogP contribution in [0.4, 0.5) is 11.4 Å². The van der Waals surface area contributed by atoms with Gasteiger partial charge in [-0.3, -0.25) is 19.6 Å². The predicted molar refractivity (Wildman–Crippen MR) is 166 cm³/mol. The number of nitrogens with zero attached hydrogens (tertiary/aromatic N) is 2. The monoisotopic (exact) mass is 574 g/mol. The summed E-state index contributed by atoms with van der Waals surface area (Å²) in [6.45, 7) is 3.12. The van der Waals surface area contributed by atoms with Gasteiger partial charge in [0.1, 0.15) is 11.7 Å². The molecule has 0 aromatic heterocycles. The first-order valence-electron chi connectivity index (χ1n) is 12.6. The molecule has 0 saturated carbocycles. The molecule has 0 bridgehead atoms. The number of amidine groups is 2. The number of carbonyl (C=O) groups is 2. The molecular weight excluding hydrogens is 547 g/mol. The molecule has 204 valence electrons. The maximum Gasteiger partial charge on any atom is 0.256 e. The van der Waals surface area contributed by atoms with Gasteiger partial charge in [0.2, 0.25) is 0 Å². The van der Waals surface area contributed by atoms with E-state index in [0.29, 0.717) is 33.3 Å². The van der Waals surface area contributed by atoms with E-state index in [-0.39, 0.29) is 36.6 Å². The number of fused-ring (bicyclic) bond motifs is 1.